The Morgan fingerprint density at radius 3 is 2.47 bits per heavy atom. The molecule has 0 saturated heterocycles. The number of amides is 2. The number of aryl methyl sites for hydroxylation is 1. The van der Waals surface area contributed by atoms with E-state index in [2.05, 4.69) is 20.7 Å². The van der Waals surface area contributed by atoms with Crippen molar-refractivity contribution < 1.29 is 14.3 Å². The molecule has 2 aromatic heterocycles. The van der Waals surface area contributed by atoms with Gasteiger partial charge in [-0.1, -0.05) is 18.2 Å². The van der Waals surface area contributed by atoms with Crippen LogP contribution in [0.2, 0.25) is 0 Å². The minimum absolute atomic E-state index is 0.121. The van der Waals surface area contributed by atoms with Gasteiger partial charge < -0.3 is 15.4 Å². The zero-order valence-corrected chi connectivity index (χ0v) is 17.3. The Morgan fingerprint density at radius 1 is 0.969 bits per heavy atom. The number of hydrogen-bond acceptors (Lipinski definition) is 6. The van der Waals surface area contributed by atoms with Crippen LogP contribution in [0.25, 0.3) is 10.8 Å². The molecule has 0 bridgehead atoms. The fourth-order valence-electron chi connectivity index (χ4n) is 3.22. The second-order valence-corrected chi connectivity index (χ2v) is 6.89. The van der Waals surface area contributed by atoms with Gasteiger partial charge in [0.25, 0.3) is 17.4 Å². The van der Waals surface area contributed by atoms with E-state index in [1.54, 1.807) is 60.8 Å². The number of carbonyl (C=O) groups is 2. The third-order valence-corrected chi connectivity index (χ3v) is 4.80. The van der Waals surface area contributed by atoms with Gasteiger partial charge in [-0.05, 0) is 30.3 Å². The van der Waals surface area contributed by atoms with E-state index in [1.165, 1.54) is 20.4 Å². The molecule has 0 spiro atoms. The molecule has 0 unspecified atom stereocenters. The van der Waals surface area contributed by atoms with Crippen molar-refractivity contribution in [2.24, 2.45) is 7.05 Å². The number of aromatic nitrogens is 3. The molecule has 0 aliphatic heterocycles. The van der Waals surface area contributed by atoms with Gasteiger partial charge in [0.2, 0.25) is 0 Å². The van der Waals surface area contributed by atoms with Gasteiger partial charge in [-0.3, -0.25) is 19.4 Å². The molecular weight excluding hydrogens is 410 g/mol. The molecule has 0 atom stereocenters. The number of nitrogens with one attached hydrogen (secondary N) is 2. The fourth-order valence-corrected chi connectivity index (χ4v) is 3.22. The van der Waals surface area contributed by atoms with Gasteiger partial charge in [0.15, 0.2) is 5.69 Å². The first kappa shape index (κ1) is 20.7. The molecule has 160 valence electrons. The maximum absolute atomic E-state index is 12.9. The van der Waals surface area contributed by atoms with E-state index in [-0.39, 0.29) is 17.2 Å². The maximum Gasteiger partial charge on any atom is 0.276 e. The van der Waals surface area contributed by atoms with Gasteiger partial charge in [0, 0.05) is 36.6 Å². The molecule has 2 amide bonds. The number of pyridine rings is 1. The molecule has 32 heavy (non-hydrogen) atoms. The number of fused-ring (bicyclic) bond motifs is 1. The number of anilines is 2. The number of hydrogen-bond donors (Lipinski definition) is 2. The molecule has 2 aromatic carbocycles. The van der Waals surface area contributed by atoms with E-state index in [9.17, 15) is 14.4 Å². The Hall–Kier alpha value is -4.53. The summed E-state index contributed by atoms with van der Waals surface area (Å²) in [5.41, 5.74) is 1.11. The van der Waals surface area contributed by atoms with E-state index in [0.29, 0.717) is 33.5 Å². The van der Waals surface area contributed by atoms with Gasteiger partial charge in [-0.15, -0.1) is 0 Å². The lowest BCUT2D eigenvalue weighted by atomic mass is 10.1. The molecule has 0 aliphatic carbocycles. The predicted molar refractivity (Wildman–Crippen MR) is 120 cm³/mol. The summed E-state index contributed by atoms with van der Waals surface area (Å²) in [5, 5.41) is 10.5. The van der Waals surface area contributed by atoms with E-state index < -0.39 is 5.91 Å². The Labute approximate surface area is 182 Å². The summed E-state index contributed by atoms with van der Waals surface area (Å²) >= 11 is 0. The Balaban J connectivity index is 1.60. The van der Waals surface area contributed by atoms with Gasteiger partial charge in [0.1, 0.15) is 5.75 Å². The normalized spacial score (nSPS) is 10.6. The number of nitrogens with zero attached hydrogens (tertiary/aromatic N) is 3. The van der Waals surface area contributed by atoms with Crippen LogP contribution in [0.5, 0.6) is 5.75 Å². The van der Waals surface area contributed by atoms with Crippen LogP contribution in [0.4, 0.5) is 11.4 Å². The van der Waals surface area contributed by atoms with Crippen LogP contribution in [0.1, 0.15) is 20.8 Å². The van der Waals surface area contributed by atoms with Crippen LogP contribution in [0, 0.1) is 0 Å². The van der Waals surface area contributed by atoms with Gasteiger partial charge in [-0.2, -0.15) is 5.10 Å². The molecule has 4 rings (SSSR count). The summed E-state index contributed by atoms with van der Waals surface area (Å²) in [6, 6.07) is 14.9. The van der Waals surface area contributed by atoms with Crippen LogP contribution in [-0.4, -0.2) is 33.7 Å². The third kappa shape index (κ3) is 4.04. The molecule has 0 fully saturated rings. The highest BCUT2D eigenvalue weighted by Gasteiger charge is 2.17. The second kappa shape index (κ2) is 8.68. The Kier molecular flexibility index (Phi) is 5.63. The molecule has 0 radical (unpaired) electrons. The zero-order chi connectivity index (χ0) is 22.7. The highest BCUT2D eigenvalue weighted by Crippen LogP contribution is 2.29. The molecule has 0 aliphatic rings. The fraction of sp³-hybridized carbons (Fsp3) is 0.0870. The standard InChI is InChI=1S/C23H19N5O4/c1-28-23(31)17-8-4-3-7-16(17)20(27-28)22(30)25-15-9-10-18(19(12-15)32-2)26-21(29)14-6-5-11-24-13-14/h3-13H,1-2H3,(H,25,30)(H,26,29). The molecule has 9 nitrogen and oxygen atoms in total. The van der Waals surface area contributed by atoms with Crippen LogP contribution >= 0.6 is 0 Å². The van der Waals surface area contributed by atoms with Crippen molar-refractivity contribution in [3.63, 3.8) is 0 Å². The summed E-state index contributed by atoms with van der Waals surface area (Å²) in [5.74, 6) is -0.460. The van der Waals surface area contributed by atoms with Crippen LogP contribution < -0.4 is 20.9 Å². The van der Waals surface area contributed by atoms with Gasteiger partial charge in [0.05, 0.1) is 23.7 Å². The first-order valence-electron chi connectivity index (χ1n) is 9.64. The zero-order valence-electron chi connectivity index (χ0n) is 17.3. The number of rotatable bonds is 5. The molecule has 0 saturated carbocycles. The van der Waals surface area contributed by atoms with Crippen molar-refractivity contribution in [2.75, 3.05) is 17.7 Å². The van der Waals surface area contributed by atoms with E-state index in [1.807, 2.05) is 0 Å². The number of carbonyl (C=O) groups excluding carboxylic acids is 2. The van der Waals surface area contributed by atoms with E-state index in [4.69, 9.17) is 4.74 Å². The summed E-state index contributed by atoms with van der Waals surface area (Å²) in [6.07, 6.45) is 3.04. The summed E-state index contributed by atoms with van der Waals surface area (Å²) in [4.78, 5) is 41.6. The Bertz CT molecular complexity index is 1380. The number of methoxy groups -OCH3 is 1. The smallest absolute Gasteiger partial charge is 0.276 e. The van der Waals surface area contributed by atoms with Crippen LogP contribution in [-0.2, 0) is 7.05 Å². The monoisotopic (exact) mass is 429 g/mol. The SMILES string of the molecule is COc1cc(NC(=O)c2nn(C)c(=O)c3ccccc23)ccc1NC(=O)c1cccnc1. The van der Waals surface area contributed by atoms with Crippen molar-refractivity contribution in [1.82, 2.24) is 14.8 Å². The average Bonchev–Trinajstić information content (AvgIpc) is 2.82. The second-order valence-electron chi connectivity index (χ2n) is 6.89. The summed E-state index contributed by atoms with van der Waals surface area (Å²) < 4.78 is 6.51. The Morgan fingerprint density at radius 2 is 1.75 bits per heavy atom. The average molecular weight is 429 g/mol. The van der Waals surface area contributed by atoms with E-state index in [0.717, 1.165) is 4.68 Å². The molecule has 2 N–H and O–H groups in total. The van der Waals surface area contributed by atoms with Crippen molar-refractivity contribution in [2.45, 2.75) is 0 Å². The minimum Gasteiger partial charge on any atom is -0.494 e. The highest BCUT2D eigenvalue weighted by molar-refractivity contribution is 6.11. The molecule has 2 heterocycles. The van der Waals surface area contributed by atoms with Crippen LogP contribution in [0.3, 0.4) is 0 Å². The lowest BCUT2D eigenvalue weighted by Gasteiger charge is -2.13. The van der Waals surface area contributed by atoms with Crippen molar-refractivity contribution in [3.8, 4) is 5.75 Å². The molecule has 9 heteroatoms. The topological polar surface area (TPSA) is 115 Å². The quantitative estimate of drug-likeness (QED) is 0.504. The number of ether oxygens (including phenoxy) is 1. The first-order valence-corrected chi connectivity index (χ1v) is 9.64. The summed E-state index contributed by atoms with van der Waals surface area (Å²) in [7, 11) is 2.96. The molecular formula is C23H19N5O4. The minimum atomic E-state index is -0.481. The maximum atomic E-state index is 12.9. The summed E-state index contributed by atoms with van der Waals surface area (Å²) in [6.45, 7) is 0. The molecule has 4 aromatic rings. The van der Waals surface area contributed by atoms with Crippen molar-refractivity contribution >= 4 is 34.0 Å². The highest BCUT2D eigenvalue weighted by atomic mass is 16.5. The predicted octanol–water partition coefficient (Wildman–Crippen LogP) is 2.84. The van der Waals surface area contributed by atoms with Crippen molar-refractivity contribution in [1.29, 1.82) is 0 Å². The van der Waals surface area contributed by atoms with Gasteiger partial charge in [-0.25, -0.2) is 4.68 Å². The lowest BCUT2D eigenvalue weighted by Crippen LogP contribution is -2.25. The van der Waals surface area contributed by atoms with Gasteiger partial charge >= 0.3 is 0 Å². The van der Waals surface area contributed by atoms with E-state index >= 15 is 0 Å². The largest absolute Gasteiger partial charge is 0.494 e. The van der Waals surface area contributed by atoms with Crippen molar-refractivity contribution in [3.05, 3.63) is 88.6 Å². The first-order chi connectivity index (χ1) is 15.5. The van der Waals surface area contributed by atoms with Crippen LogP contribution in [0.15, 0.2) is 71.8 Å². The third-order valence-electron chi connectivity index (χ3n) is 4.80. The lowest BCUT2D eigenvalue weighted by molar-refractivity contribution is 0.101. The number of benzene rings is 2.